The predicted molar refractivity (Wildman–Crippen MR) is 90.7 cm³/mol. The van der Waals surface area contributed by atoms with Gasteiger partial charge in [0.25, 0.3) is 0 Å². The van der Waals surface area contributed by atoms with Crippen molar-refractivity contribution in [2.75, 3.05) is 52.4 Å². The number of hydrogen-bond donors (Lipinski definition) is 0. The fourth-order valence-electron chi connectivity index (χ4n) is 3.10. The molecule has 3 heterocycles. The van der Waals surface area contributed by atoms with Crippen LogP contribution in [0.4, 0.5) is 4.79 Å². The van der Waals surface area contributed by atoms with Gasteiger partial charge in [-0.15, -0.1) is 11.3 Å². The lowest BCUT2D eigenvalue weighted by molar-refractivity contribution is 0.121. The van der Waals surface area contributed by atoms with E-state index < -0.39 is 0 Å². The van der Waals surface area contributed by atoms with Crippen molar-refractivity contribution in [1.82, 2.24) is 19.7 Å². The molecule has 2 aliphatic heterocycles. The molecule has 0 radical (unpaired) electrons. The van der Waals surface area contributed by atoms with E-state index in [4.69, 9.17) is 4.74 Å². The SMILES string of the molecule is CCc1nc(CN2CCN(CCCN3CCOC3=O)CC2)cs1. The molecule has 0 spiro atoms. The highest BCUT2D eigenvalue weighted by atomic mass is 32.1. The van der Waals surface area contributed by atoms with E-state index in [-0.39, 0.29) is 6.09 Å². The summed E-state index contributed by atoms with van der Waals surface area (Å²) in [6, 6.07) is 0. The van der Waals surface area contributed by atoms with Crippen molar-refractivity contribution in [1.29, 1.82) is 0 Å². The van der Waals surface area contributed by atoms with Gasteiger partial charge in [-0.05, 0) is 19.4 Å². The Balaban J connectivity index is 1.32. The average molecular weight is 338 g/mol. The molecule has 0 atom stereocenters. The summed E-state index contributed by atoms with van der Waals surface area (Å²) in [7, 11) is 0. The Morgan fingerprint density at radius 3 is 2.61 bits per heavy atom. The number of amides is 1. The first kappa shape index (κ1) is 16.7. The lowest BCUT2D eigenvalue weighted by atomic mass is 10.2. The second-order valence-electron chi connectivity index (χ2n) is 6.16. The number of hydrogen-bond acceptors (Lipinski definition) is 6. The van der Waals surface area contributed by atoms with Gasteiger partial charge in [0.2, 0.25) is 0 Å². The fourth-order valence-corrected chi connectivity index (χ4v) is 3.83. The quantitative estimate of drug-likeness (QED) is 0.757. The molecule has 0 saturated carbocycles. The molecule has 3 rings (SSSR count). The summed E-state index contributed by atoms with van der Waals surface area (Å²) in [5, 5.41) is 3.43. The number of carbonyl (C=O) groups excluding carboxylic acids is 1. The third-order valence-electron chi connectivity index (χ3n) is 4.50. The van der Waals surface area contributed by atoms with Crippen molar-refractivity contribution >= 4 is 17.4 Å². The van der Waals surface area contributed by atoms with Gasteiger partial charge in [-0.2, -0.15) is 0 Å². The molecule has 6 nitrogen and oxygen atoms in total. The summed E-state index contributed by atoms with van der Waals surface area (Å²) < 4.78 is 4.95. The lowest BCUT2D eigenvalue weighted by Crippen LogP contribution is -2.46. The summed E-state index contributed by atoms with van der Waals surface area (Å²) in [6.07, 6.45) is 1.91. The molecular formula is C16H26N4O2S. The van der Waals surface area contributed by atoms with E-state index in [0.717, 1.165) is 65.2 Å². The van der Waals surface area contributed by atoms with E-state index >= 15 is 0 Å². The van der Waals surface area contributed by atoms with E-state index in [1.165, 1.54) is 10.7 Å². The van der Waals surface area contributed by atoms with Crippen molar-refractivity contribution in [3.8, 4) is 0 Å². The highest BCUT2D eigenvalue weighted by Crippen LogP contribution is 2.14. The van der Waals surface area contributed by atoms with Gasteiger partial charge in [0.1, 0.15) is 6.61 Å². The van der Waals surface area contributed by atoms with E-state index in [1.807, 2.05) is 4.90 Å². The van der Waals surface area contributed by atoms with Crippen LogP contribution in [0.1, 0.15) is 24.0 Å². The highest BCUT2D eigenvalue weighted by molar-refractivity contribution is 7.09. The normalized spacial score (nSPS) is 20.2. The van der Waals surface area contributed by atoms with E-state index in [1.54, 1.807) is 11.3 Å². The van der Waals surface area contributed by atoms with Crippen LogP contribution in [0, 0.1) is 0 Å². The molecule has 2 aliphatic rings. The molecule has 1 amide bonds. The number of nitrogens with zero attached hydrogens (tertiary/aromatic N) is 4. The Labute approximate surface area is 142 Å². The van der Waals surface area contributed by atoms with E-state index in [0.29, 0.717) is 6.61 Å². The van der Waals surface area contributed by atoms with Crippen LogP contribution < -0.4 is 0 Å². The second-order valence-corrected chi connectivity index (χ2v) is 7.10. The second kappa shape index (κ2) is 8.08. The van der Waals surface area contributed by atoms with E-state index in [9.17, 15) is 4.79 Å². The minimum Gasteiger partial charge on any atom is -0.448 e. The van der Waals surface area contributed by atoms with Crippen LogP contribution in [-0.4, -0.2) is 78.2 Å². The molecule has 2 saturated heterocycles. The molecule has 0 unspecified atom stereocenters. The van der Waals surface area contributed by atoms with Gasteiger partial charge in [0.15, 0.2) is 0 Å². The molecule has 7 heteroatoms. The van der Waals surface area contributed by atoms with Gasteiger partial charge >= 0.3 is 6.09 Å². The van der Waals surface area contributed by atoms with E-state index in [2.05, 4.69) is 27.1 Å². The zero-order valence-electron chi connectivity index (χ0n) is 13.9. The summed E-state index contributed by atoms with van der Waals surface area (Å²) in [6.45, 7) is 10.7. The summed E-state index contributed by atoms with van der Waals surface area (Å²) in [4.78, 5) is 22.8. The van der Waals surface area contributed by atoms with Gasteiger partial charge in [-0.1, -0.05) is 6.92 Å². The average Bonchev–Trinajstić information content (AvgIpc) is 3.18. The van der Waals surface area contributed by atoms with Crippen molar-refractivity contribution in [3.63, 3.8) is 0 Å². The lowest BCUT2D eigenvalue weighted by Gasteiger charge is -2.34. The number of aryl methyl sites for hydroxylation is 1. The number of rotatable bonds is 7. The van der Waals surface area contributed by atoms with Gasteiger partial charge in [0.05, 0.1) is 17.2 Å². The van der Waals surface area contributed by atoms with Gasteiger partial charge < -0.3 is 14.5 Å². The van der Waals surface area contributed by atoms with Crippen molar-refractivity contribution < 1.29 is 9.53 Å². The Morgan fingerprint density at radius 2 is 1.96 bits per heavy atom. The number of aromatic nitrogens is 1. The summed E-state index contributed by atoms with van der Waals surface area (Å²) in [5.74, 6) is 0. The maximum Gasteiger partial charge on any atom is 0.409 e. The van der Waals surface area contributed by atoms with Crippen LogP contribution in [-0.2, 0) is 17.7 Å². The summed E-state index contributed by atoms with van der Waals surface area (Å²) in [5.41, 5.74) is 1.22. The first-order chi connectivity index (χ1) is 11.2. The molecular weight excluding hydrogens is 312 g/mol. The van der Waals surface area contributed by atoms with Crippen molar-refractivity contribution in [2.24, 2.45) is 0 Å². The molecule has 1 aromatic rings. The highest BCUT2D eigenvalue weighted by Gasteiger charge is 2.22. The molecule has 2 fully saturated rings. The monoisotopic (exact) mass is 338 g/mol. The van der Waals surface area contributed by atoms with Gasteiger partial charge in [-0.3, -0.25) is 4.90 Å². The standard InChI is InChI=1S/C16H26N4O2S/c1-2-15-17-14(13-23-15)12-19-8-6-18(7-9-19)4-3-5-20-10-11-22-16(20)21/h13H,2-12H2,1H3. The molecule has 0 N–H and O–H groups in total. The Morgan fingerprint density at radius 1 is 1.17 bits per heavy atom. The maximum absolute atomic E-state index is 11.4. The zero-order valence-corrected chi connectivity index (χ0v) is 14.7. The number of cyclic esters (lactones) is 1. The predicted octanol–water partition coefficient (Wildman–Crippen LogP) is 1.67. The molecule has 0 aliphatic carbocycles. The minimum atomic E-state index is -0.149. The van der Waals surface area contributed by atoms with Crippen LogP contribution in [0.5, 0.6) is 0 Å². The minimum absolute atomic E-state index is 0.149. The van der Waals surface area contributed by atoms with Crippen LogP contribution >= 0.6 is 11.3 Å². The number of thiazole rings is 1. The Kier molecular flexibility index (Phi) is 5.85. The fraction of sp³-hybridized carbons (Fsp3) is 0.750. The van der Waals surface area contributed by atoms with Crippen molar-refractivity contribution in [3.05, 3.63) is 16.1 Å². The third kappa shape index (κ3) is 4.65. The van der Waals surface area contributed by atoms with Crippen LogP contribution in [0.2, 0.25) is 0 Å². The summed E-state index contributed by atoms with van der Waals surface area (Å²) >= 11 is 1.77. The van der Waals surface area contributed by atoms with Gasteiger partial charge in [0, 0.05) is 44.6 Å². The Bertz CT molecular complexity index is 514. The topological polar surface area (TPSA) is 48.9 Å². The van der Waals surface area contributed by atoms with Crippen LogP contribution in [0.25, 0.3) is 0 Å². The number of piperazine rings is 1. The molecule has 0 bridgehead atoms. The molecule has 1 aromatic heterocycles. The van der Waals surface area contributed by atoms with Gasteiger partial charge in [-0.25, -0.2) is 9.78 Å². The maximum atomic E-state index is 11.4. The smallest absolute Gasteiger partial charge is 0.409 e. The van der Waals surface area contributed by atoms with Crippen LogP contribution in [0.15, 0.2) is 5.38 Å². The largest absolute Gasteiger partial charge is 0.448 e. The third-order valence-corrected chi connectivity index (χ3v) is 5.54. The molecule has 23 heavy (non-hydrogen) atoms. The number of carbonyl (C=O) groups is 1. The van der Waals surface area contributed by atoms with Crippen LogP contribution in [0.3, 0.4) is 0 Å². The zero-order chi connectivity index (χ0) is 16.1. The first-order valence-corrected chi connectivity index (χ1v) is 9.42. The molecule has 0 aromatic carbocycles. The first-order valence-electron chi connectivity index (χ1n) is 8.54. The Hall–Kier alpha value is -1.18. The van der Waals surface area contributed by atoms with Crippen molar-refractivity contribution in [2.45, 2.75) is 26.3 Å². The number of ether oxygens (including phenoxy) is 1. The molecule has 128 valence electrons.